The predicted molar refractivity (Wildman–Crippen MR) is 102 cm³/mol. The number of hydrogen-bond donors (Lipinski definition) is 0. The minimum absolute atomic E-state index is 0.0532. The van der Waals surface area contributed by atoms with E-state index in [4.69, 9.17) is 0 Å². The Morgan fingerprint density at radius 1 is 0.917 bits per heavy atom. The van der Waals surface area contributed by atoms with Gasteiger partial charge in [0.05, 0.1) is 5.56 Å². The van der Waals surface area contributed by atoms with Crippen LogP contribution in [0, 0.1) is 5.41 Å². The van der Waals surface area contributed by atoms with Crippen LogP contribution in [0.2, 0.25) is 0 Å². The second kappa shape index (κ2) is 6.80. The van der Waals surface area contributed by atoms with Crippen molar-refractivity contribution in [2.24, 2.45) is 5.41 Å². The third-order valence-electron chi connectivity index (χ3n) is 6.13. The first-order valence-electron chi connectivity index (χ1n) is 8.93. The SMILES string of the molecule is BC(B)(c1ccc(C(F)(F)F)cc1C(C)(CC)CCC)C(C)(C)C. The minimum Gasteiger partial charge on any atom is -0.166 e. The van der Waals surface area contributed by atoms with Crippen LogP contribution >= 0.6 is 0 Å². The highest BCUT2D eigenvalue weighted by Crippen LogP contribution is 2.45. The van der Waals surface area contributed by atoms with Crippen molar-refractivity contribution in [1.82, 2.24) is 0 Å². The zero-order chi connectivity index (χ0) is 19.0. The summed E-state index contributed by atoms with van der Waals surface area (Å²) >= 11 is 0. The van der Waals surface area contributed by atoms with Gasteiger partial charge < -0.3 is 0 Å². The average Bonchev–Trinajstić information content (AvgIpc) is 2.44. The molecule has 24 heavy (non-hydrogen) atoms. The molecular formula is C19H31B2F3. The Hall–Kier alpha value is -0.860. The van der Waals surface area contributed by atoms with Crippen LogP contribution < -0.4 is 0 Å². The molecule has 5 heteroatoms. The highest BCUT2D eigenvalue weighted by Gasteiger charge is 2.41. The number of rotatable bonds is 5. The summed E-state index contributed by atoms with van der Waals surface area (Å²) in [5.74, 6) is 0. The first-order chi connectivity index (χ1) is 10.7. The maximum atomic E-state index is 13.3. The molecule has 0 aliphatic carbocycles. The largest absolute Gasteiger partial charge is 0.416 e. The van der Waals surface area contributed by atoms with Gasteiger partial charge in [0.1, 0.15) is 15.7 Å². The number of alkyl halides is 3. The van der Waals surface area contributed by atoms with Gasteiger partial charge in [-0.2, -0.15) is 13.2 Å². The van der Waals surface area contributed by atoms with Crippen LogP contribution in [0.25, 0.3) is 0 Å². The lowest BCUT2D eigenvalue weighted by Gasteiger charge is -2.44. The lowest BCUT2D eigenvalue weighted by Crippen LogP contribution is -2.43. The first-order valence-corrected chi connectivity index (χ1v) is 8.93. The standard InChI is InChI=1S/C19H31B2F3/c1-7-11-17(6,8-2)15-12-13(19(22,23)24)9-10-14(15)18(20,21)16(3,4)5/h9-10,12H,7-8,11,20-21H2,1-6H3. The molecule has 0 amide bonds. The average molecular weight is 338 g/mol. The van der Waals surface area contributed by atoms with Gasteiger partial charge in [-0.1, -0.05) is 64.8 Å². The fourth-order valence-corrected chi connectivity index (χ4v) is 3.22. The van der Waals surface area contributed by atoms with Crippen LogP contribution in [0.3, 0.4) is 0 Å². The smallest absolute Gasteiger partial charge is 0.166 e. The van der Waals surface area contributed by atoms with E-state index in [0.29, 0.717) is 0 Å². The molecule has 1 aromatic carbocycles. The summed E-state index contributed by atoms with van der Waals surface area (Å²) in [6.07, 6.45) is -1.64. The Morgan fingerprint density at radius 3 is 1.83 bits per heavy atom. The molecule has 1 unspecified atom stereocenters. The molecule has 1 atom stereocenters. The summed E-state index contributed by atoms with van der Waals surface area (Å²) in [5, 5.41) is -0.226. The van der Waals surface area contributed by atoms with Gasteiger partial charge in [0.15, 0.2) is 0 Å². The molecule has 0 heterocycles. The maximum absolute atomic E-state index is 13.3. The minimum atomic E-state index is -4.31. The molecule has 1 rings (SSSR count). The van der Waals surface area contributed by atoms with E-state index in [0.717, 1.165) is 30.4 Å². The van der Waals surface area contributed by atoms with Crippen LogP contribution in [0.15, 0.2) is 18.2 Å². The molecule has 134 valence electrons. The molecule has 0 aromatic heterocycles. The van der Waals surface area contributed by atoms with Crippen molar-refractivity contribution in [3.63, 3.8) is 0 Å². The summed E-state index contributed by atoms with van der Waals surface area (Å²) in [6.45, 7) is 12.7. The topological polar surface area (TPSA) is 0 Å². The Morgan fingerprint density at radius 2 is 1.46 bits per heavy atom. The van der Waals surface area contributed by atoms with Crippen LogP contribution in [0.1, 0.15) is 77.5 Å². The predicted octanol–water partition coefficient (Wildman–Crippen LogP) is 4.64. The van der Waals surface area contributed by atoms with Gasteiger partial charge in [-0.05, 0) is 41.4 Å². The molecule has 1 aromatic rings. The number of hydrogen-bond acceptors (Lipinski definition) is 0. The molecule has 0 radical (unpaired) electrons. The van der Waals surface area contributed by atoms with E-state index in [1.807, 2.05) is 0 Å². The second-order valence-corrected chi connectivity index (χ2v) is 8.80. The molecule has 0 aliphatic rings. The van der Waals surface area contributed by atoms with Crippen molar-refractivity contribution >= 4 is 15.7 Å². The molecule has 0 N–H and O–H groups in total. The van der Waals surface area contributed by atoms with E-state index in [2.05, 4.69) is 57.2 Å². The molecular weight excluding hydrogens is 307 g/mol. The molecule has 0 nitrogen and oxygen atoms in total. The quantitative estimate of drug-likeness (QED) is 0.687. The molecule has 0 spiro atoms. The van der Waals surface area contributed by atoms with Crippen molar-refractivity contribution in [1.29, 1.82) is 0 Å². The lowest BCUT2D eigenvalue weighted by molar-refractivity contribution is -0.137. The Labute approximate surface area is 147 Å². The highest BCUT2D eigenvalue weighted by atomic mass is 19.4. The van der Waals surface area contributed by atoms with Crippen molar-refractivity contribution in [2.45, 2.75) is 77.6 Å². The van der Waals surface area contributed by atoms with Gasteiger partial charge in [0.25, 0.3) is 0 Å². The third-order valence-corrected chi connectivity index (χ3v) is 6.13. The Balaban J connectivity index is 3.73. The van der Waals surface area contributed by atoms with Crippen LogP contribution in [0.4, 0.5) is 13.2 Å². The molecule has 0 saturated carbocycles. The van der Waals surface area contributed by atoms with E-state index in [1.54, 1.807) is 6.07 Å². The highest BCUT2D eigenvalue weighted by molar-refractivity contribution is 6.40. The third kappa shape index (κ3) is 4.03. The van der Waals surface area contributed by atoms with E-state index in [-0.39, 0.29) is 16.0 Å². The van der Waals surface area contributed by atoms with Crippen LogP contribution in [-0.2, 0) is 16.8 Å². The van der Waals surface area contributed by atoms with E-state index < -0.39 is 11.7 Å². The molecule has 0 saturated heterocycles. The van der Waals surface area contributed by atoms with Gasteiger partial charge in [-0.25, -0.2) is 0 Å². The summed E-state index contributed by atoms with van der Waals surface area (Å²) in [5.41, 5.74) is 1.07. The van der Waals surface area contributed by atoms with Gasteiger partial charge in [-0.3, -0.25) is 0 Å². The first kappa shape index (κ1) is 21.2. The van der Waals surface area contributed by atoms with Crippen molar-refractivity contribution in [3.05, 3.63) is 34.9 Å². The van der Waals surface area contributed by atoms with Crippen molar-refractivity contribution in [2.75, 3.05) is 0 Å². The molecule has 0 aliphatic heterocycles. The van der Waals surface area contributed by atoms with E-state index >= 15 is 0 Å². The summed E-state index contributed by atoms with van der Waals surface area (Å²) in [4.78, 5) is 0. The number of benzene rings is 1. The van der Waals surface area contributed by atoms with Crippen LogP contribution in [-0.4, -0.2) is 15.7 Å². The summed E-state index contributed by atoms with van der Waals surface area (Å²) in [7, 11) is 4.28. The van der Waals surface area contributed by atoms with Crippen LogP contribution in [0.5, 0.6) is 0 Å². The zero-order valence-corrected chi connectivity index (χ0v) is 16.5. The van der Waals surface area contributed by atoms with E-state index in [1.165, 1.54) is 12.1 Å². The maximum Gasteiger partial charge on any atom is 0.416 e. The normalized spacial score (nSPS) is 16.0. The van der Waals surface area contributed by atoms with Gasteiger partial charge in [0, 0.05) is 0 Å². The monoisotopic (exact) mass is 338 g/mol. The lowest BCUT2D eigenvalue weighted by atomic mass is 9.39. The summed E-state index contributed by atoms with van der Waals surface area (Å²) in [6, 6.07) is 4.36. The Kier molecular flexibility index (Phi) is 6.00. The molecule has 0 fully saturated rings. The van der Waals surface area contributed by atoms with Gasteiger partial charge in [0.2, 0.25) is 0 Å². The Bertz CT molecular complexity index is 571. The van der Waals surface area contributed by atoms with Crippen molar-refractivity contribution in [3.8, 4) is 0 Å². The molecule has 0 bridgehead atoms. The van der Waals surface area contributed by atoms with E-state index in [9.17, 15) is 13.2 Å². The fourth-order valence-electron chi connectivity index (χ4n) is 3.22. The number of halogens is 3. The fraction of sp³-hybridized carbons (Fsp3) is 0.684. The van der Waals surface area contributed by atoms with Crippen molar-refractivity contribution < 1.29 is 13.2 Å². The summed E-state index contributed by atoms with van der Waals surface area (Å²) < 4.78 is 39.9. The van der Waals surface area contributed by atoms with Gasteiger partial charge >= 0.3 is 6.18 Å². The second-order valence-electron chi connectivity index (χ2n) is 8.80. The van der Waals surface area contributed by atoms with Gasteiger partial charge in [-0.15, -0.1) is 0 Å². The zero-order valence-electron chi connectivity index (χ0n) is 16.5.